The van der Waals surface area contributed by atoms with Crippen molar-refractivity contribution in [3.05, 3.63) is 29.8 Å². The van der Waals surface area contributed by atoms with E-state index in [0.29, 0.717) is 6.54 Å². The molecule has 1 aromatic carbocycles. The highest BCUT2D eigenvalue weighted by molar-refractivity contribution is 5.89. The van der Waals surface area contributed by atoms with Crippen LogP contribution in [0.2, 0.25) is 0 Å². The fraction of sp³-hybridized carbons (Fsp3) is 0.500. The molecule has 1 aromatic rings. The Morgan fingerprint density at radius 1 is 1.33 bits per heavy atom. The van der Waals surface area contributed by atoms with Crippen molar-refractivity contribution in [1.82, 2.24) is 4.90 Å². The quantitative estimate of drug-likeness (QED) is 0.838. The smallest absolute Gasteiger partial charge is 0.391 e. The van der Waals surface area contributed by atoms with E-state index in [1.807, 2.05) is 13.8 Å². The van der Waals surface area contributed by atoms with Gasteiger partial charge in [-0.3, -0.25) is 0 Å². The van der Waals surface area contributed by atoms with Crippen LogP contribution in [-0.4, -0.2) is 35.2 Å². The van der Waals surface area contributed by atoms with Gasteiger partial charge in [-0.25, -0.2) is 4.79 Å². The van der Waals surface area contributed by atoms with Gasteiger partial charge >= 0.3 is 12.2 Å². The summed E-state index contributed by atoms with van der Waals surface area (Å²) in [5.74, 6) is 0. The van der Waals surface area contributed by atoms with Crippen molar-refractivity contribution >= 4 is 11.7 Å². The first-order valence-electron chi connectivity index (χ1n) is 6.51. The molecule has 7 heteroatoms. The minimum atomic E-state index is -4.40. The van der Waals surface area contributed by atoms with Crippen LogP contribution in [0, 0.1) is 5.41 Å². The summed E-state index contributed by atoms with van der Waals surface area (Å²) in [7, 11) is 0. The van der Waals surface area contributed by atoms with Crippen LogP contribution in [0.4, 0.5) is 23.7 Å². The molecule has 0 aromatic heterocycles. The Labute approximate surface area is 120 Å². The number of urea groups is 1. The molecule has 1 fully saturated rings. The summed E-state index contributed by atoms with van der Waals surface area (Å²) in [5.41, 5.74) is -0.872. The Hall–Kier alpha value is -1.76. The monoisotopic (exact) mass is 302 g/mol. The van der Waals surface area contributed by atoms with Crippen LogP contribution in [0.25, 0.3) is 0 Å². The van der Waals surface area contributed by atoms with Crippen LogP contribution >= 0.6 is 0 Å². The van der Waals surface area contributed by atoms with Gasteiger partial charge in [0, 0.05) is 24.2 Å². The summed E-state index contributed by atoms with van der Waals surface area (Å²) in [4.78, 5) is 13.5. The second kappa shape index (κ2) is 5.22. The standard InChI is InChI=1S/C14H17F3N2O2/c1-13(2)8-19(7-11(13)20)12(21)18-10-5-3-9(4-6-10)14(15,16)17/h3-6,11,20H,7-8H2,1-2H3,(H,18,21)/t11-/m1/s1. The van der Waals surface area contributed by atoms with E-state index in [9.17, 15) is 23.1 Å². The normalized spacial score (nSPS) is 21.4. The number of nitrogens with zero attached hydrogens (tertiary/aromatic N) is 1. The number of amides is 2. The van der Waals surface area contributed by atoms with Crippen molar-refractivity contribution < 1.29 is 23.1 Å². The molecule has 1 aliphatic heterocycles. The summed E-state index contributed by atoms with van der Waals surface area (Å²) in [6.45, 7) is 4.30. The molecule has 0 radical (unpaired) electrons. The first-order chi connectivity index (χ1) is 9.59. The third kappa shape index (κ3) is 3.47. The van der Waals surface area contributed by atoms with Gasteiger partial charge in [-0.1, -0.05) is 13.8 Å². The molecule has 1 atom stereocenters. The molecule has 116 valence electrons. The van der Waals surface area contributed by atoms with Crippen molar-refractivity contribution in [2.24, 2.45) is 5.41 Å². The maximum Gasteiger partial charge on any atom is 0.416 e. The first-order valence-corrected chi connectivity index (χ1v) is 6.51. The van der Waals surface area contributed by atoms with Crippen molar-refractivity contribution in [1.29, 1.82) is 0 Å². The van der Waals surface area contributed by atoms with Crippen molar-refractivity contribution in [2.75, 3.05) is 18.4 Å². The van der Waals surface area contributed by atoms with Gasteiger partial charge in [0.25, 0.3) is 0 Å². The van der Waals surface area contributed by atoms with Gasteiger partial charge in [0.1, 0.15) is 0 Å². The van der Waals surface area contributed by atoms with E-state index in [-0.39, 0.29) is 12.2 Å². The fourth-order valence-electron chi connectivity index (χ4n) is 2.22. The van der Waals surface area contributed by atoms with Crippen molar-refractivity contribution in [2.45, 2.75) is 26.1 Å². The molecule has 0 unspecified atom stereocenters. The highest BCUT2D eigenvalue weighted by atomic mass is 19.4. The molecule has 21 heavy (non-hydrogen) atoms. The van der Waals surface area contributed by atoms with Gasteiger partial charge in [-0.15, -0.1) is 0 Å². The number of hydrogen-bond donors (Lipinski definition) is 2. The highest BCUT2D eigenvalue weighted by Gasteiger charge is 2.40. The number of aliphatic hydroxyl groups is 1. The van der Waals surface area contributed by atoms with E-state index in [2.05, 4.69) is 5.32 Å². The minimum Gasteiger partial charge on any atom is -0.391 e. The van der Waals surface area contributed by atoms with Crippen molar-refractivity contribution in [3.8, 4) is 0 Å². The molecule has 0 saturated carbocycles. The van der Waals surface area contributed by atoms with Crippen molar-refractivity contribution in [3.63, 3.8) is 0 Å². The number of hydrogen-bond acceptors (Lipinski definition) is 2. The Morgan fingerprint density at radius 2 is 1.90 bits per heavy atom. The summed E-state index contributed by atoms with van der Waals surface area (Å²) in [5, 5.41) is 12.4. The Balaban J connectivity index is 2.01. The fourth-order valence-corrected chi connectivity index (χ4v) is 2.22. The average Bonchev–Trinajstić information content (AvgIpc) is 2.63. The molecule has 1 heterocycles. The van der Waals surface area contributed by atoms with Crippen LogP contribution in [0.5, 0.6) is 0 Å². The number of halogens is 3. The van der Waals surface area contributed by atoms with Gasteiger partial charge in [0.05, 0.1) is 11.7 Å². The molecular formula is C14H17F3N2O2. The summed E-state index contributed by atoms with van der Waals surface area (Å²) < 4.78 is 37.3. The lowest BCUT2D eigenvalue weighted by Gasteiger charge is -2.21. The van der Waals surface area contributed by atoms with E-state index in [0.717, 1.165) is 12.1 Å². The van der Waals surface area contributed by atoms with Gasteiger partial charge in [-0.05, 0) is 24.3 Å². The summed E-state index contributed by atoms with van der Waals surface area (Å²) >= 11 is 0. The number of nitrogens with one attached hydrogen (secondary N) is 1. The third-order valence-corrected chi connectivity index (χ3v) is 3.64. The number of carbonyl (C=O) groups excluding carboxylic acids is 1. The van der Waals surface area contributed by atoms with Crippen LogP contribution in [-0.2, 0) is 6.18 Å². The SMILES string of the molecule is CC1(C)CN(C(=O)Nc2ccc(C(F)(F)F)cc2)C[C@H]1O. The number of benzene rings is 1. The Kier molecular flexibility index (Phi) is 3.88. The maximum atomic E-state index is 12.4. The number of anilines is 1. The van der Waals surface area contributed by atoms with E-state index >= 15 is 0 Å². The van der Waals surface area contributed by atoms with Crippen LogP contribution < -0.4 is 5.32 Å². The number of β-amino-alcohol motifs (C(OH)–C–C–N with tert-alkyl or cyclic N) is 1. The highest BCUT2D eigenvalue weighted by Crippen LogP contribution is 2.31. The molecule has 2 rings (SSSR count). The molecule has 0 bridgehead atoms. The molecule has 0 spiro atoms. The first kappa shape index (κ1) is 15.6. The number of aliphatic hydroxyl groups excluding tert-OH is 1. The number of alkyl halides is 3. The van der Waals surface area contributed by atoms with E-state index in [1.165, 1.54) is 17.0 Å². The Morgan fingerprint density at radius 3 is 2.33 bits per heavy atom. The molecule has 1 saturated heterocycles. The molecule has 4 nitrogen and oxygen atoms in total. The average molecular weight is 302 g/mol. The summed E-state index contributed by atoms with van der Waals surface area (Å²) in [6.07, 6.45) is -5.01. The predicted molar refractivity (Wildman–Crippen MR) is 71.8 cm³/mol. The lowest BCUT2D eigenvalue weighted by molar-refractivity contribution is -0.137. The lowest BCUT2D eigenvalue weighted by Crippen LogP contribution is -2.34. The molecule has 0 aliphatic carbocycles. The van der Waals surface area contributed by atoms with Gasteiger partial charge in [0.2, 0.25) is 0 Å². The van der Waals surface area contributed by atoms with Crippen LogP contribution in [0.1, 0.15) is 19.4 Å². The van der Waals surface area contributed by atoms with Gasteiger partial charge < -0.3 is 15.3 Å². The third-order valence-electron chi connectivity index (χ3n) is 3.64. The zero-order chi connectivity index (χ0) is 15.8. The zero-order valence-electron chi connectivity index (χ0n) is 11.7. The van der Waals surface area contributed by atoms with Crippen LogP contribution in [0.3, 0.4) is 0 Å². The lowest BCUT2D eigenvalue weighted by atomic mass is 9.90. The van der Waals surface area contributed by atoms with Gasteiger partial charge in [0.15, 0.2) is 0 Å². The number of rotatable bonds is 1. The number of likely N-dealkylation sites (tertiary alicyclic amines) is 1. The van der Waals surface area contributed by atoms with E-state index in [4.69, 9.17) is 0 Å². The molecule has 1 aliphatic rings. The van der Waals surface area contributed by atoms with E-state index < -0.39 is 29.3 Å². The Bertz CT molecular complexity index is 526. The second-order valence-electron chi connectivity index (χ2n) is 5.89. The predicted octanol–water partition coefficient (Wildman–Crippen LogP) is 2.94. The molecule has 2 N–H and O–H groups in total. The van der Waals surface area contributed by atoms with Crippen LogP contribution in [0.15, 0.2) is 24.3 Å². The maximum absolute atomic E-state index is 12.4. The van der Waals surface area contributed by atoms with Gasteiger partial charge in [-0.2, -0.15) is 13.2 Å². The number of carbonyl (C=O) groups is 1. The molecule has 2 amide bonds. The zero-order valence-corrected chi connectivity index (χ0v) is 11.7. The largest absolute Gasteiger partial charge is 0.416 e. The second-order valence-corrected chi connectivity index (χ2v) is 5.89. The summed E-state index contributed by atoms with van der Waals surface area (Å²) in [6, 6.07) is 3.81. The van der Waals surface area contributed by atoms with E-state index in [1.54, 1.807) is 0 Å². The minimum absolute atomic E-state index is 0.208. The topological polar surface area (TPSA) is 52.6 Å². The molecular weight excluding hydrogens is 285 g/mol.